The summed E-state index contributed by atoms with van der Waals surface area (Å²) in [6.07, 6.45) is 0. The van der Waals surface area contributed by atoms with Crippen LogP contribution in [0.15, 0.2) is 34.8 Å². The van der Waals surface area contributed by atoms with Gasteiger partial charge in [0.1, 0.15) is 5.02 Å². The SMILES string of the molecule is Cc1cc([N+](=O)[O-])c(Cl)cc1NC(=S)NC(=O)c1cc(Br)ccc1Cl. The lowest BCUT2D eigenvalue weighted by atomic mass is 10.2. The van der Waals surface area contributed by atoms with E-state index >= 15 is 0 Å². The van der Waals surface area contributed by atoms with E-state index in [0.717, 1.165) is 0 Å². The minimum Gasteiger partial charge on any atom is -0.332 e. The molecular formula is C15H10BrCl2N3O3S. The normalized spacial score (nSPS) is 10.2. The van der Waals surface area contributed by atoms with Crippen molar-refractivity contribution in [3.05, 3.63) is 66.1 Å². The first-order chi connectivity index (χ1) is 11.7. The molecule has 130 valence electrons. The van der Waals surface area contributed by atoms with Crippen LogP contribution >= 0.6 is 51.3 Å². The van der Waals surface area contributed by atoms with Crippen LogP contribution in [0.1, 0.15) is 15.9 Å². The van der Waals surface area contributed by atoms with Gasteiger partial charge in [-0.2, -0.15) is 0 Å². The number of carbonyl (C=O) groups excluding carboxylic acids is 1. The first-order valence-electron chi connectivity index (χ1n) is 6.71. The maximum atomic E-state index is 12.3. The van der Waals surface area contributed by atoms with E-state index in [-0.39, 0.29) is 26.4 Å². The highest BCUT2D eigenvalue weighted by atomic mass is 79.9. The average Bonchev–Trinajstić information content (AvgIpc) is 2.52. The number of hydrogen-bond donors (Lipinski definition) is 2. The van der Waals surface area contributed by atoms with Crippen LogP contribution < -0.4 is 10.6 Å². The highest BCUT2D eigenvalue weighted by Gasteiger charge is 2.17. The van der Waals surface area contributed by atoms with Crippen LogP contribution in [0.25, 0.3) is 0 Å². The van der Waals surface area contributed by atoms with Crippen molar-refractivity contribution in [2.45, 2.75) is 6.92 Å². The van der Waals surface area contributed by atoms with Gasteiger partial charge in [0, 0.05) is 16.2 Å². The summed E-state index contributed by atoms with van der Waals surface area (Å²) in [6.45, 7) is 1.65. The largest absolute Gasteiger partial charge is 0.332 e. The number of carbonyl (C=O) groups is 1. The van der Waals surface area contributed by atoms with Gasteiger partial charge in [0.05, 0.1) is 15.5 Å². The molecule has 6 nitrogen and oxygen atoms in total. The molecule has 1 amide bonds. The van der Waals surface area contributed by atoms with Gasteiger partial charge >= 0.3 is 0 Å². The van der Waals surface area contributed by atoms with Crippen molar-refractivity contribution < 1.29 is 9.72 Å². The standard InChI is InChI=1S/C15H10BrCl2N3O3S/c1-7-4-13(21(23)24)11(18)6-12(7)19-15(25)20-14(22)9-5-8(16)2-3-10(9)17/h2-6H,1H3,(H2,19,20,22,25). The highest BCUT2D eigenvalue weighted by molar-refractivity contribution is 9.10. The van der Waals surface area contributed by atoms with E-state index in [2.05, 4.69) is 26.6 Å². The van der Waals surface area contributed by atoms with Crippen molar-refractivity contribution in [2.75, 3.05) is 5.32 Å². The second-order valence-corrected chi connectivity index (χ2v) is 7.05. The molecule has 0 radical (unpaired) electrons. The van der Waals surface area contributed by atoms with E-state index in [4.69, 9.17) is 35.4 Å². The second-order valence-electron chi connectivity index (χ2n) is 4.91. The molecule has 25 heavy (non-hydrogen) atoms. The molecule has 0 spiro atoms. The van der Waals surface area contributed by atoms with Gasteiger partial charge in [-0.3, -0.25) is 20.2 Å². The van der Waals surface area contributed by atoms with Gasteiger partial charge in [-0.15, -0.1) is 0 Å². The maximum absolute atomic E-state index is 12.3. The van der Waals surface area contributed by atoms with E-state index in [1.165, 1.54) is 12.1 Å². The lowest BCUT2D eigenvalue weighted by Gasteiger charge is -2.13. The predicted molar refractivity (Wildman–Crippen MR) is 106 cm³/mol. The molecule has 2 aromatic rings. The van der Waals surface area contributed by atoms with Crippen LogP contribution in [0.3, 0.4) is 0 Å². The van der Waals surface area contributed by atoms with Crippen LogP contribution in [0.2, 0.25) is 10.0 Å². The van der Waals surface area contributed by atoms with Gasteiger partial charge in [-0.05, 0) is 49.0 Å². The minimum absolute atomic E-state index is 0.00839. The quantitative estimate of drug-likeness (QED) is 0.376. The first kappa shape index (κ1) is 19.6. The summed E-state index contributed by atoms with van der Waals surface area (Å²) in [6, 6.07) is 7.54. The van der Waals surface area contributed by atoms with Crippen molar-refractivity contribution in [3.63, 3.8) is 0 Å². The van der Waals surface area contributed by atoms with E-state index in [1.807, 2.05) is 0 Å². The summed E-state index contributed by atoms with van der Waals surface area (Å²) >= 11 is 20.3. The number of nitro benzene ring substituents is 1. The molecule has 0 heterocycles. The average molecular weight is 463 g/mol. The molecule has 10 heteroatoms. The Morgan fingerprint density at radius 3 is 2.56 bits per heavy atom. The number of halogens is 3. The number of rotatable bonds is 3. The van der Waals surface area contributed by atoms with E-state index in [9.17, 15) is 14.9 Å². The molecule has 0 aliphatic rings. The van der Waals surface area contributed by atoms with Gasteiger partial charge in [0.2, 0.25) is 0 Å². The Morgan fingerprint density at radius 2 is 1.92 bits per heavy atom. The van der Waals surface area contributed by atoms with Gasteiger partial charge in [0.25, 0.3) is 11.6 Å². The van der Waals surface area contributed by atoms with Gasteiger partial charge in [0.15, 0.2) is 5.11 Å². The molecule has 0 unspecified atom stereocenters. The van der Waals surface area contributed by atoms with Crippen LogP contribution in [0.4, 0.5) is 11.4 Å². The summed E-state index contributed by atoms with van der Waals surface area (Å²) in [5.41, 5.74) is 1.04. The molecule has 0 aliphatic carbocycles. The number of nitro groups is 1. The van der Waals surface area contributed by atoms with Crippen molar-refractivity contribution in [2.24, 2.45) is 0 Å². The molecule has 2 rings (SSSR count). The molecule has 0 atom stereocenters. The summed E-state index contributed by atoms with van der Waals surface area (Å²) in [4.78, 5) is 22.6. The zero-order chi connectivity index (χ0) is 18.7. The van der Waals surface area contributed by atoms with Crippen molar-refractivity contribution >= 4 is 73.7 Å². The van der Waals surface area contributed by atoms with Crippen LogP contribution in [0.5, 0.6) is 0 Å². The van der Waals surface area contributed by atoms with E-state index in [0.29, 0.717) is 15.7 Å². The Labute approximate surface area is 166 Å². The number of anilines is 1. The third-order valence-electron chi connectivity index (χ3n) is 3.14. The fraction of sp³-hybridized carbons (Fsp3) is 0.0667. The smallest absolute Gasteiger partial charge is 0.288 e. The number of aryl methyl sites for hydroxylation is 1. The number of thiocarbonyl (C=S) groups is 1. The molecule has 2 N–H and O–H groups in total. The molecular weight excluding hydrogens is 453 g/mol. The van der Waals surface area contributed by atoms with E-state index < -0.39 is 10.8 Å². The van der Waals surface area contributed by atoms with Crippen molar-refractivity contribution in [3.8, 4) is 0 Å². The Hall–Kier alpha value is -1.74. The number of hydrogen-bond acceptors (Lipinski definition) is 4. The fourth-order valence-corrected chi connectivity index (χ4v) is 2.94. The second kappa shape index (κ2) is 8.09. The fourth-order valence-electron chi connectivity index (χ4n) is 1.94. The number of nitrogens with zero attached hydrogens (tertiary/aromatic N) is 1. The Bertz CT molecular complexity index is 893. The number of benzene rings is 2. The minimum atomic E-state index is -0.575. The number of nitrogens with one attached hydrogen (secondary N) is 2. The summed E-state index contributed by atoms with van der Waals surface area (Å²) < 4.78 is 0.693. The molecule has 0 saturated heterocycles. The zero-order valence-electron chi connectivity index (χ0n) is 12.6. The molecule has 0 aliphatic heterocycles. The Morgan fingerprint density at radius 1 is 1.24 bits per heavy atom. The van der Waals surface area contributed by atoms with Crippen molar-refractivity contribution in [1.29, 1.82) is 0 Å². The highest BCUT2D eigenvalue weighted by Crippen LogP contribution is 2.30. The van der Waals surface area contributed by atoms with Gasteiger partial charge in [-0.1, -0.05) is 39.1 Å². The summed E-state index contributed by atoms with van der Waals surface area (Å²) in [5.74, 6) is -0.491. The lowest BCUT2D eigenvalue weighted by Crippen LogP contribution is -2.34. The zero-order valence-corrected chi connectivity index (χ0v) is 16.5. The van der Waals surface area contributed by atoms with E-state index in [1.54, 1.807) is 25.1 Å². The van der Waals surface area contributed by atoms with Crippen LogP contribution in [-0.4, -0.2) is 15.9 Å². The molecule has 0 bridgehead atoms. The maximum Gasteiger partial charge on any atom is 0.288 e. The Balaban J connectivity index is 2.15. The summed E-state index contributed by atoms with van der Waals surface area (Å²) in [5, 5.41) is 16.4. The van der Waals surface area contributed by atoms with Crippen LogP contribution in [-0.2, 0) is 0 Å². The lowest BCUT2D eigenvalue weighted by molar-refractivity contribution is -0.384. The molecule has 2 aromatic carbocycles. The van der Waals surface area contributed by atoms with Gasteiger partial charge < -0.3 is 5.32 Å². The summed E-state index contributed by atoms with van der Waals surface area (Å²) in [7, 11) is 0. The molecule has 0 aromatic heterocycles. The third kappa shape index (κ3) is 4.88. The van der Waals surface area contributed by atoms with Crippen molar-refractivity contribution in [1.82, 2.24) is 5.32 Å². The topological polar surface area (TPSA) is 84.3 Å². The Kier molecular flexibility index (Phi) is 6.34. The molecule has 0 saturated carbocycles. The first-order valence-corrected chi connectivity index (χ1v) is 8.66. The van der Waals surface area contributed by atoms with Crippen LogP contribution in [0, 0.1) is 17.0 Å². The molecule has 0 fully saturated rings. The third-order valence-corrected chi connectivity index (χ3v) is 4.47. The predicted octanol–water partition coefficient (Wildman–Crippen LogP) is 5.10. The number of amides is 1. The van der Waals surface area contributed by atoms with Gasteiger partial charge in [-0.25, -0.2) is 0 Å². The monoisotopic (exact) mass is 461 g/mol.